The van der Waals surface area contributed by atoms with Gasteiger partial charge in [-0.1, -0.05) is 152 Å². The molecule has 0 bridgehead atoms. The molecule has 0 N–H and O–H groups in total. The van der Waals surface area contributed by atoms with Gasteiger partial charge >= 0.3 is 0 Å². The van der Waals surface area contributed by atoms with E-state index in [2.05, 4.69) is 187 Å². The second-order valence-electron chi connectivity index (χ2n) is 19.4. The Morgan fingerprint density at radius 1 is 0.293 bits per heavy atom. The van der Waals surface area contributed by atoms with Gasteiger partial charge in [0.1, 0.15) is 0 Å². The van der Waals surface area contributed by atoms with E-state index in [-0.39, 0.29) is 21.7 Å². The smallest absolute Gasteiger partial charge is 0.0642 e. The van der Waals surface area contributed by atoms with Crippen molar-refractivity contribution >= 4 is 57.6 Å². The summed E-state index contributed by atoms with van der Waals surface area (Å²) in [5.74, 6) is 0. The highest BCUT2D eigenvalue weighted by Gasteiger charge is 2.50. The summed E-state index contributed by atoms with van der Waals surface area (Å²) in [6.07, 6.45) is 0. The third-order valence-electron chi connectivity index (χ3n) is 14.9. The highest BCUT2D eigenvalue weighted by atomic mass is 32.2. The first-order valence-electron chi connectivity index (χ1n) is 20.8. The monoisotopic (exact) mass is 784 g/mol. The number of para-hydroxylation sites is 4. The standard InChI is InChI=1S/C54H44N2S2/c1-51(2)33-13-9-17-41-47(33)55-45-37(51)25-31(26-38(45)52(3,4)34-14-10-18-42(57-41)48(34)55)29-21-23-30(24-22-29)32-27-39-46-40(28-32)54(7,8)36-16-12-20-44-50(36)56(46)49-35(53(39,5)6)15-11-19-43(49)58-44/h9-28H,1-8H3. The van der Waals surface area contributed by atoms with Gasteiger partial charge in [0.25, 0.3) is 0 Å². The van der Waals surface area contributed by atoms with Crippen LogP contribution in [0.1, 0.15) is 99.9 Å². The first kappa shape index (κ1) is 33.8. The second kappa shape index (κ2) is 10.5. The van der Waals surface area contributed by atoms with Crippen LogP contribution in [0.15, 0.2) is 141 Å². The van der Waals surface area contributed by atoms with Gasteiger partial charge in [0.05, 0.1) is 34.1 Å². The molecule has 6 heterocycles. The molecule has 13 rings (SSSR count). The highest BCUT2D eigenvalue weighted by Crippen LogP contribution is 2.68. The van der Waals surface area contributed by atoms with Gasteiger partial charge in [0.2, 0.25) is 0 Å². The van der Waals surface area contributed by atoms with Crippen LogP contribution in [0.3, 0.4) is 0 Å². The van der Waals surface area contributed by atoms with Crippen molar-refractivity contribution in [3.05, 3.63) is 166 Å². The topological polar surface area (TPSA) is 6.48 Å². The lowest BCUT2D eigenvalue weighted by Gasteiger charge is -2.52. The molecule has 7 aromatic rings. The summed E-state index contributed by atoms with van der Waals surface area (Å²) in [7, 11) is 0. The molecule has 282 valence electrons. The van der Waals surface area contributed by atoms with Gasteiger partial charge in [0.15, 0.2) is 0 Å². The average Bonchev–Trinajstić information content (AvgIpc) is 3.21. The Bertz CT molecular complexity index is 2690. The molecule has 0 saturated carbocycles. The van der Waals surface area contributed by atoms with Crippen LogP contribution in [-0.4, -0.2) is 0 Å². The van der Waals surface area contributed by atoms with Gasteiger partial charge < -0.3 is 9.80 Å². The normalized spacial score (nSPS) is 18.7. The summed E-state index contributed by atoms with van der Waals surface area (Å²) in [5, 5.41) is 0. The molecule has 6 aliphatic heterocycles. The van der Waals surface area contributed by atoms with E-state index >= 15 is 0 Å². The van der Waals surface area contributed by atoms with Crippen molar-refractivity contribution in [2.45, 2.75) is 96.6 Å². The SMILES string of the molecule is CC1(C)c2cccc3c2N2c4c(cccc4C(C)(C)c4cc(-c5ccc(-c6cc7c8c(c6)C(C)(C)c6cccc9c6N8c6c(cccc6C7(C)C)S9)cc5)cc1c42)S3. The van der Waals surface area contributed by atoms with Crippen molar-refractivity contribution in [3.63, 3.8) is 0 Å². The number of benzene rings is 7. The Hall–Kier alpha value is -5.16. The molecule has 6 aliphatic rings. The zero-order valence-corrected chi connectivity index (χ0v) is 35.9. The Morgan fingerprint density at radius 3 is 0.810 bits per heavy atom. The summed E-state index contributed by atoms with van der Waals surface area (Å²) < 4.78 is 0. The van der Waals surface area contributed by atoms with E-state index in [1.165, 1.54) is 120 Å². The molecule has 0 fully saturated rings. The minimum Gasteiger partial charge on any atom is -0.307 e. The van der Waals surface area contributed by atoms with Crippen molar-refractivity contribution in [2.24, 2.45) is 0 Å². The minimum absolute atomic E-state index is 0.155. The summed E-state index contributed by atoms with van der Waals surface area (Å²) in [5.41, 5.74) is 24.0. The molecule has 0 radical (unpaired) electrons. The zero-order chi connectivity index (χ0) is 39.4. The van der Waals surface area contributed by atoms with Crippen LogP contribution in [-0.2, 0) is 21.7 Å². The minimum atomic E-state index is -0.155. The first-order valence-corrected chi connectivity index (χ1v) is 22.4. The van der Waals surface area contributed by atoms with Crippen LogP contribution < -0.4 is 9.80 Å². The Labute approximate surface area is 350 Å². The molecular weight excluding hydrogens is 741 g/mol. The summed E-state index contributed by atoms with van der Waals surface area (Å²) in [6, 6.07) is 47.3. The molecule has 0 aromatic heterocycles. The van der Waals surface area contributed by atoms with E-state index in [9.17, 15) is 0 Å². The number of rotatable bonds is 2. The van der Waals surface area contributed by atoms with Crippen molar-refractivity contribution in [3.8, 4) is 22.3 Å². The molecule has 0 aliphatic carbocycles. The Balaban J connectivity index is 0.980. The summed E-state index contributed by atoms with van der Waals surface area (Å²) in [6.45, 7) is 19.5. The lowest BCUT2D eigenvalue weighted by atomic mass is 9.65. The molecule has 0 amide bonds. The van der Waals surface area contributed by atoms with Crippen molar-refractivity contribution in [2.75, 3.05) is 9.80 Å². The molecule has 7 aromatic carbocycles. The van der Waals surface area contributed by atoms with E-state index in [0.717, 1.165) is 0 Å². The van der Waals surface area contributed by atoms with Crippen molar-refractivity contribution < 1.29 is 0 Å². The molecule has 0 saturated heterocycles. The Morgan fingerprint density at radius 2 is 0.552 bits per heavy atom. The van der Waals surface area contributed by atoms with Crippen molar-refractivity contribution in [1.82, 2.24) is 0 Å². The van der Waals surface area contributed by atoms with Crippen LogP contribution in [0, 0.1) is 0 Å². The molecule has 2 nitrogen and oxygen atoms in total. The Kier molecular flexibility index (Phi) is 6.13. The van der Waals surface area contributed by atoms with E-state index in [0.29, 0.717) is 0 Å². The fourth-order valence-electron chi connectivity index (χ4n) is 11.7. The van der Waals surface area contributed by atoms with E-state index in [1.54, 1.807) is 0 Å². The molecular formula is C54H44N2S2. The number of hydrogen-bond acceptors (Lipinski definition) is 4. The van der Waals surface area contributed by atoms with Gasteiger partial charge in [-0.2, -0.15) is 0 Å². The molecule has 58 heavy (non-hydrogen) atoms. The molecule has 0 spiro atoms. The van der Waals surface area contributed by atoms with Gasteiger partial charge in [0, 0.05) is 41.2 Å². The number of nitrogens with zero attached hydrogens (tertiary/aromatic N) is 2. The maximum atomic E-state index is 2.63. The lowest BCUT2D eigenvalue weighted by molar-refractivity contribution is 0.592. The third kappa shape index (κ3) is 3.86. The lowest BCUT2D eigenvalue weighted by Crippen LogP contribution is -2.39. The predicted octanol–water partition coefficient (Wildman–Crippen LogP) is 15.4. The molecule has 0 atom stereocenters. The van der Waals surface area contributed by atoms with Crippen molar-refractivity contribution in [1.29, 1.82) is 0 Å². The fourth-order valence-corrected chi connectivity index (χ4v) is 13.9. The van der Waals surface area contributed by atoms with E-state index in [1.807, 2.05) is 23.5 Å². The fraction of sp³-hybridized carbons (Fsp3) is 0.222. The first-order chi connectivity index (χ1) is 27.8. The number of anilines is 6. The van der Waals surface area contributed by atoms with Gasteiger partial charge in [-0.15, -0.1) is 0 Å². The summed E-state index contributed by atoms with van der Waals surface area (Å²) >= 11 is 3.87. The quantitative estimate of drug-likeness (QED) is 0.172. The molecule has 0 unspecified atom stereocenters. The van der Waals surface area contributed by atoms with Crippen LogP contribution in [0.4, 0.5) is 34.1 Å². The average molecular weight is 785 g/mol. The van der Waals surface area contributed by atoms with Gasteiger partial charge in [-0.25, -0.2) is 0 Å². The van der Waals surface area contributed by atoms with Crippen LogP contribution in [0.25, 0.3) is 22.3 Å². The predicted molar refractivity (Wildman–Crippen MR) is 243 cm³/mol. The van der Waals surface area contributed by atoms with E-state index in [4.69, 9.17) is 0 Å². The maximum absolute atomic E-state index is 2.63. The zero-order valence-electron chi connectivity index (χ0n) is 34.3. The van der Waals surface area contributed by atoms with Gasteiger partial charge in [-0.05, 0) is 115 Å². The molecule has 4 heteroatoms. The van der Waals surface area contributed by atoms with Crippen LogP contribution >= 0.6 is 23.5 Å². The van der Waals surface area contributed by atoms with Gasteiger partial charge in [-0.3, -0.25) is 0 Å². The highest BCUT2D eigenvalue weighted by molar-refractivity contribution is 8.00. The number of hydrogen-bond donors (Lipinski definition) is 0. The van der Waals surface area contributed by atoms with E-state index < -0.39 is 0 Å². The second-order valence-corrected chi connectivity index (χ2v) is 21.6. The van der Waals surface area contributed by atoms with Crippen LogP contribution in [0.2, 0.25) is 0 Å². The summed E-state index contributed by atoms with van der Waals surface area (Å²) in [4.78, 5) is 10.7. The largest absolute Gasteiger partial charge is 0.307 e. The van der Waals surface area contributed by atoms with Crippen LogP contribution in [0.5, 0.6) is 0 Å². The maximum Gasteiger partial charge on any atom is 0.0642 e. The third-order valence-corrected chi connectivity index (χ3v) is 17.1.